The number of aliphatic imine (C=N–C) groups is 1. The van der Waals surface area contributed by atoms with Crippen molar-refractivity contribution in [3.8, 4) is 0 Å². The van der Waals surface area contributed by atoms with Crippen LogP contribution in [0.5, 0.6) is 0 Å². The number of nitrogens with zero attached hydrogens (tertiary/aromatic N) is 1. The average molecular weight is 300 g/mol. The monoisotopic (exact) mass is 300 g/mol. The largest absolute Gasteiger partial charge is 0.469 e. The number of fused-ring (bicyclic) bond motifs is 1. The second-order valence-electron chi connectivity index (χ2n) is 5.73. The first-order valence-corrected chi connectivity index (χ1v) is 7.43. The molecule has 0 aliphatic heterocycles. The van der Waals surface area contributed by atoms with Crippen LogP contribution in [-0.2, 0) is 17.6 Å². The van der Waals surface area contributed by atoms with E-state index in [-0.39, 0.29) is 12.1 Å². The Hall–Kier alpha value is -2.30. The molecule has 5 heteroatoms. The van der Waals surface area contributed by atoms with Crippen LogP contribution in [0.25, 0.3) is 5.57 Å². The minimum Gasteiger partial charge on any atom is -0.469 e. The molecule has 0 saturated heterocycles. The number of hydrogen-bond donors (Lipinski definition) is 3. The topological polar surface area (TPSA) is 97.5 Å². The van der Waals surface area contributed by atoms with Crippen LogP contribution >= 0.6 is 0 Å². The van der Waals surface area contributed by atoms with Crippen molar-refractivity contribution in [3.63, 3.8) is 0 Å². The molecule has 0 heterocycles. The van der Waals surface area contributed by atoms with E-state index in [4.69, 9.17) is 21.6 Å². The number of allylic oxidation sites excluding steroid dienone is 2. The minimum atomic E-state index is 0.175. The van der Waals surface area contributed by atoms with Crippen LogP contribution in [0.1, 0.15) is 37.0 Å². The van der Waals surface area contributed by atoms with E-state index in [0.717, 1.165) is 30.4 Å². The SMILES string of the molecule is COC(N)=NC1CCc2cc(/C(C(C)=N)=C(\C)N)ccc2C1. The molecule has 1 unspecified atom stereocenters. The molecule has 1 aliphatic carbocycles. The lowest BCUT2D eigenvalue weighted by Crippen LogP contribution is -2.23. The lowest BCUT2D eigenvalue weighted by Gasteiger charge is -2.23. The van der Waals surface area contributed by atoms with Gasteiger partial charge in [-0.25, -0.2) is 4.99 Å². The van der Waals surface area contributed by atoms with E-state index in [1.54, 1.807) is 6.92 Å². The summed E-state index contributed by atoms with van der Waals surface area (Å²) in [6, 6.07) is 6.72. The predicted molar refractivity (Wildman–Crippen MR) is 91.1 cm³/mol. The predicted octanol–water partition coefficient (Wildman–Crippen LogP) is 2.23. The van der Waals surface area contributed by atoms with Crippen LogP contribution < -0.4 is 11.5 Å². The fourth-order valence-corrected chi connectivity index (χ4v) is 2.97. The van der Waals surface area contributed by atoms with Gasteiger partial charge in [0, 0.05) is 17.0 Å². The molecule has 5 N–H and O–H groups in total. The van der Waals surface area contributed by atoms with E-state index < -0.39 is 0 Å². The molecule has 1 atom stereocenters. The van der Waals surface area contributed by atoms with Gasteiger partial charge in [0.05, 0.1) is 13.2 Å². The number of hydrogen-bond acceptors (Lipinski definition) is 4. The number of nitrogens with one attached hydrogen (secondary N) is 1. The quantitative estimate of drug-likeness (QED) is 0.590. The first-order chi connectivity index (χ1) is 10.4. The molecule has 1 aliphatic rings. The number of benzene rings is 1. The minimum absolute atomic E-state index is 0.175. The van der Waals surface area contributed by atoms with E-state index in [0.29, 0.717) is 11.4 Å². The number of nitrogens with two attached hydrogens (primary N) is 2. The number of amidine groups is 1. The second kappa shape index (κ2) is 6.64. The standard InChI is InChI=1S/C17H24N4O/c1-10(18)16(11(2)19)14-5-4-13-9-15(21-17(20)22-3)7-6-12(13)8-14/h4-5,8,15,18H,6-7,9,19H2,1-3H3,(H2,20,21)/b16-11+,18-10?. The summed E-state index contributed by atoms with van der Waals surface area (Å²) in [5.74, 6) is 0. The first-order valence-electron chi connectivity index (χ1n) is 7.43. The van der Waals surface area contributed by atoms with Crippen molar-refractivity contribution in [2.75, 3.05) is 7.11 Å². The van der Waals surface area contributed by atoms with Crippen LogP contribution in [0.4, 0.5) is 0 Å². The Kier molecular flexibility index (Phi) is 4.85. The van der Waals surface area contributed by atoms with Gasteiger partial charge in [0.2, 0.25) is 0 Å². The zero-order chi connectivity index (χ0) is 16.3. The smallest absolute Gasteiger partial charge is 0.281 e. The molecule has 0 fully saturated rings. The van der Waals surface area contributed by atoms with Crippen LogP contribution in [0.2, 0.25) is 0 Å². The third-order valence-corrected chi connectivity index (χ3v) is 3.99. The van der Waals surface area contributed by atoms with Crippen molar-refractivity contribution in [1.82, 2.24) is 0 Å². The number of methoxy groups -OCH3 is 1. The lowest BCUT2D eigenvalue weighted by molar-refractivity contribution is 0.387. The number of ether oxygens (including phenoxy) is 1. The molecule has 0 saturated carbocycles. The third-order valence-electron chi connectivity index (χ3n) is 3.99. The van der Waals surface area contributed by atoms with Crippen LogP contribution in [-0.4, -0.2) is 24.9 Å². The highest BCUT2D eigenvalue weighted by Gasteiger charge is 2.20. The van der Waals surface area contributed by atoms with Crippen LogP contribution in [0.3, 0.4) is 0 Å². The van der Waals surface area contributed by atoms with Crippen molar-refractivity contribution in [3.05, 3.63) is 40.6 Å². The summed E-state index contributed by atoms with van der Waals surface area (Å²) in [5, 5.41) is 7.91. The van der Waals surface area contributed by atoms with Gasteiger partial charge in [-0.05, 0) is 49.8 Å². The molecule has 1 aromatic carbocycles. The van der Waals surface area contributed by atoms with E-state index in [1.165, 1.54) is 18.2 Å². The first kappa shape index (κ1) is 16.1. The Bertz CT molecular complexity index is 642. The molecule has 2 rings (SSSR count). The van der Waals surface area contributed by atoms with Crippen molar-refractivity contribution in [2.45, 2.75) is 39.2 Å². The molecular formula is C17H24N4O. The third kappa shape index (κ3) is 3.47. The number of rotatable bonds is 3. The van der Waals surface area contributed by atoms with Crippen molar-refractivity contribution >= 4 is 17.3 Å². The summed E-state index contributed by atoms with van der Waals surface area (Å²) in [7, 11) is 1.53. The van der Waals surface area contributed by atoms with Gasteiger partial charge in [-0.3, -0.25) is 0 Å². The Morgan fingerprint density at radius 1 is 1.27 bits per heavy atom. The molecular weight excluding hydrogens is 276 g/mol. The Morgan fingerprint density at radius 3 is 2.59 bits per heavy atom. The molecule has 0 aromatic heterocycles. The number of aryl methyl sites for hydroxylation is 1. The van der Waals surface area contributed by atoms with Gasteiger partial charge in [0.1, 0.15) is 0 Å². The zero-order valence-corrected chi connectivity index (χ0v) is 13.4. The van der Waals surface area contributed by atoms with E-state index in [9.17, 15) is 0 Å². The molecule has 0 radical (unpaired) electrons. The fraction of sp³-hybridized carbons (Fsp3) is 0.412. The summed E-state index contributed by atoms with van der Waals surface area (Å²) in [6.07, 6.45) is 2.76. The molecule has 0 bridgehead atoms. The maximum absolute atomic E-state index is 7.91. The summed E-state index contributed by atoms with van der Waals surface area (Å²) < 4.78 is 4.93. The summed E-state index contributed by atoms with van der Waals surface area (Å²) in [4.78, 5) is 4.38. The van der Waals surface area contributed by atoms with Crippen LogP contribution in [0.15, 0.2) is 28.9 Å². The van der Waals surface area contributed by atoms with Gasteiger partial charge in [-0.2, -0.15) is 0 Å². The Morgan fingerprint density at radius 2 is 2.00 bits per heavy atom. The molecule has 5 nitrogen and oxygen atoms in total. The summed E-state index contributed by atoms with van der Waals surface area (Å²) in [5.41, 5.74) is 17.2. The van der Waals surface area contributed by atoms with Gasteiger partial charge in [-0.15, -0.1) is 0 Å². The van der Waals surface area contributed by atoms with Gasteiger partial charge >= 0.3 is 0 Å². The molecule has 0 amide bonds. The van der Waals surface area contributed by atoms with E-state index in [1.807, 2.05) is 13.0 Å². The van der Waals surface area contributed by atoms with Gasteiger partial charge < -0.3 is 21.6 Å². The molecule has 118 valence electrons. The van der Waals surface area contributed by atoms with E-state index in [2.05, 4.69) is 17.1 Å². The van der Waals surface area contributed by atoms with Gasteiger partial charge in [0.25, 0.3) is 6.02 Å². The van der Waals surface area contributed by atoms with Crippen molar-refractivity contribution in [1.29, 1.82) is 5.41 Å². The Balaban J connectivity index is 2.29. The van der Waals surface area contributed by atoms with Crippen molar-refractivity contribution in [2.24, 2.45) is 16.5 Å². The highest BCUT2D eigenvalue weighted by molar-refractivity contribution is 6.21. The average Bonchev–Trinajstić information content (AvgIpc) is 2.46. The highest BCUT2D eigenvalue weighted by Crippen LogP contribution is 2.28. The Labute approximate surface area is 131 Å². The normalized spacial score (nSPS) is 19.2. The second-order valence-corrected chi connectivity index (χ2v) is 5.73. The summed E-state index contributed by atoms with van der Waals surface area (Å²) >= 11 is 0. The maximum Gasteiger partial charge on any atom is 0.281 e. The van der Waals surface area contributed by atoms with Gasteiger partial charge in [-0.1, -0.05) is 18.2 Å². The summed E-state index contributed by atoms with van der Waals surface area (Å²) in [6.45, 7) is 3.61. The van der Waals surface area contributed by atoms with Crippen LogP contribution in [0, 0.1) is 5.41 Å². The fourth-order valence-electron chi connectivity index (χ4n) is 2.97. The molecule has 0 spiro atoms. The zero-order valence-electron chi connectivity index (χ0n) is 13.4. The van der Waals surface area contributed by atoms with Gasteiger partial charge in [0.15, 0.2) is 0 Å². The molecule has 22 heavy (non-hydrogen) atoms. The molecule has 1 aromatic rings. The lowest BCUT2D eigenvalue weighted by atomic mass is 9.86. The van der Waals surface area contributed by atoms with Crippen molar-refractivity contribution < 1.29 is 4.74 Å². The maximum atomic E-state index is 7.91. The van der Waals surface area contributed by atoms with E-state index >= 15 is 0 Å². The highest BCUT2D eigenvalue weighted by atomic mass is 16.5.